The molecule has 3 heteroatoms. The number of hydrogen-bond acceptors (Lipinski definition) is 2. The van der Waals surface area contributed by atoms with Gasteiger partial charge in [0.25, 0.3) is 0 Å². The standard InChI is InChI=1S/C18H26O3/c1-2-3-7-11-16-15(13-14-17(16)19)10-8-5-4-6-9-12-18(20)21/h3,7,10,13-14,16H,2,4-6,8-9,11-12H2,1H3,(H,20,21)/b7-3-,15-10-. The van der Waals surface area contributed by atoms with Crippen LogP contribution >= 0.6 is 0 Å². The Balaban J connectivity index is 2.27. The van der Waals surface area contributed by atoms with Crippen LogP contribution in [0.15, 0.2) is 36.0 Å². The van der Waals surface area contributed by atoms with Gasteiger partial charge >= 0.3 is 5.97 Å². The average molecular weight is 290 g/mol. The van der Waals surface area contributed by atoms with Gasteiger partial charge in [-0.25, -0.2) is 0 Å². The van der Waals surface area contributed by atoms with Gasteiger partial charge in [-0.1, -0.05) is 44.1 Å². The second kappa shape index (κ2) is 10.1. The van der Waals surface area contributed by atoms with Crippen molar-refractivity contribution in [2.75, 3.05) is 0 Å². The summed E-state index contributed by atoms with van der Waals surface area (Å²) in [4.78, 5) is 22.2. The molecule has 1 rings (SSSR count). The molecule has 0 bridgehead atoms. The quantitative estimate of drug-likeness (QED) is 0.477. The first-order valence-electron chi connectivity index (χ1n) is 7.94. The second-order valence-corrected chi connectivity index (χ2v) is 5.45. The van der Waals surface area contributed by atoms with Gasteiger partial charge in [0.2, 0.25) is 0 Å². The molecule has 0 aromatic heterocycles. The highest BCUT2D eigenvalue weighted by molar-refractivity contribution is 5.98. The number of rotatable bonds is 10. The van der Waals surface area contributed by atoms with Crippen LogP contribution in [-0.2, 0) is 9.59 Å². The maximum Gasteiger partial charge on any atom is 0.303 e. The van der Waals surface area contributed by atoms with Crippen LogP contribution in [0.2, 0.25) is 0 Å². The summed E-state index contributed by atoms with van der Waals surface area (Å²) in [6.07, 6.45) is 16.9. The smallest absolute Gasteiger partial charge is 0.303 e. The van der Waals surface area contributed by atoms with Crippen LogP contribution in [0, 0.1) is 5.92 Å². The Morgan fingerprint density at radius 2 is 1.95 bits per heavy atom. The summed E-state index contributed by atoms with van der Waals surface area (Å²) in [6, 6.07) is 0. The fraction of sp³-hybridized carbons (Fsp3) is 0.556. The minimum atomic E-state index is -0.713. The summed E-state index contributed by atoms with van der Waals surface area (Å²) in [5.41, 5.74) is 1.14. The topological polar surface area (TPSA) is 54.4 Å². The van der Waals surface area contributed by atoms with Crippen LogP contribution in [0.5, 0.6) is 0 Å². The van der Waals surface area contributed by atoms with E-state index in [1.165, 1.54) is 0 Å². The van der Waals surface area contributed by atoms with Crippen molar-refractivity contribution < 1.29 is 14.7 Å². The number of allylic oxidation sites excluding steroid dienone is 6. The van der Waals surface area contributed by atoms with Crippen LogP contribution in [-0.4, -0.2) is 16.9 Å². The zero-order valence-corrected chi connectivity index (χ0v) is 12.9. The van der Waals surface area contributed by atoms with Gasteiger partial charge in [-0.05, 0) is 43.8 Å². The fourth-order valence-corrected chi connectivity index (χ4v) is 2.48. The van der Waals surface area contributed by atoms with Crippen molar-refractivity contribution in [1.29, 1.82) is 0 Å². The lowest BCUT2D eigenvalue weighted by Crippen LogP contribution is -2.07. The molecule has 3 nitrogen and oxygen atoms in total. The van der Waals surface area contributed by atoms with Crippen LogP contribution in [0.4, 0.5) is 0 Å². The molecule has 0 aromatic rings. The maximum absolute atomic E-state index is 11.8. The van der Waals surface area contributed by atoms with E-state index in [1.807, 2.05) is 6.08 Å². The minimum Gasteiger partial charge on any atom is -0.481 e. The number of carbonyl (C=O) groups is 2. The van der Waals surface area contributed by atoms with Crippen molar-refractivity contribution in [1.82, 2.24) is 0 Å². The molecular formula is C18H26O3. The molecule has 0 saturated carbocycles. The van der Waals surface area contributed by atoms with Crippen LogP contribution < -0.4 is 0 Å². The molecule has 0 radical (unpaired) electrons. The van der Waals surface area contributed by atoms with Crippen molar-refractivity contribution >= 4 is 11.8 Å². The second-order valence-electron chi connectivity index (χ2n) is 5.45. The Morgan fingerprint density at radius 3 is 2.67 bits per heavy atom. The van der Waals surface area contributed by atoms with Crippen LogP contribution in [0.25, 0.3) is 0 Å². The molecule has 0 aromatic carbocycles. The van der Waals surface area contributed by atoms with E-state index < -0.39 is 5.97 Å². The zero-order chi connectivity index (χ0) is 15.5. The predicted octanol–water partition coefficient (Wildman–Crippen LogP) is 4.45. The molecule has 1 aliphatic carbocycles. The van der Waals surface area contributed by atoms with E-state index in [0.717, 1.165) is 50.5 Å². The summed E-state index contributed by atoms with van der Waals surface area (Å²) in [7, 11) is 0. The molecule has 0 spiro atoms. The fourth-order valence-electron chi connectivity index (χ4n) is 2.48. The number of carbonyl (C=O) groups excluding carboxylic acids is 1. The van der Waals surface area contributed by atoms with E-state index in [9.17, 15) is 9.59 Å². The SMILES string of the molecule is CC/C=C\CC1C(=O)C=C/C1=C/CCCCCCC(=O)O. The van der Waals surface area contributed by atoms with Crippen molar-refractivity contribution in [3.63, 3.8) is 0 Å². The Morgan fingerprint density at radius 1 is 1.19 bits per heavy atom. The molecule has 1 N–H and O–H groups in total. The first-order chi connectivity index (χ1) is 10.1. The third-order valence-corrected chi connectivity index (χ3v) is 3.68. The largest absolute Gasteiger partial charge is 0.481 e. The minimum absolute atomic E-state index is 0.0137. The number of carboxylic acids is 1. The van der Waals surface area contributed by atoms with Gasteiger partial charge in [-0.2, -0.15) is 0 Å². The molecule has 0 aliphatic heterocycles. The molecular weight excluding hydrogens is 264 g/mol. The van der Waals surface area contributed by atoms with E-state index in [0.29, 0.717) is 0 Å². The normalized spacial score (nSPS) is 20.0. The van der Waals surface area contributed by atoms with Gasteiger partial charge in [0.1, 0.15) is 0 Å². The van der Waals surface area contributed by atoms with Crippen molar-refractivity contribution in [3.8, 4) is 0 Å². The third-order valence-electron chi connectivity index (χ3n) is 3.68. The number of unbranched alkanes of at least 4 members (excludes halogenated alkanes) is 4. The van der Waals surface area contributed by atoms with E-state index in [4.69, 9.17) is 5.11 Å². The van der Waals surface area contributed by atoms with Gasteiger partial charge in [0.15, 0.2) is 5.78 Å². The Kier molecular flexibility index (Phi) is 8.41. The highest BCUT2D eigenvalue weighted by Crippen LogP contribution is 2.26. The van der Waals surface area contributed by atoms with Gasteiger partial charge in [-0.15, -0.1) is 0 Å². The van der Waals surface area contributed by atoms with E-state index in [1.54, 1.807) is 6.08 Å². The van der Waals surface area contributed by atoms with Gasteiger partial charge in [-0.3, -0.25) is 9.59 Å². The van der Waals surface area contributed by atoms with Crippen molar-refractivity contribution in [2.24, 2.45) is 5.92 Å². The number of ketones is 1. The average Bonchev–Trinajstić information content (AvgIpc) is 2.79. The molecule has 0 saturated heterocycles. The molecule has 116 valence electrons. The number of aliphatic carboxylic acids is 1. The first-order valence-corrected chi connectivity index (χ1v) is 7.94. The summed E-state index contributed by atoms with van der Waals surface area (Å²) in [6.45, 7) is 2.09. The van der Waals surface area contributed by atoms with E-state index in [2.05, 4.69) is 25.2 Å². The molecule has 0 fully saturated rings. The lowest BCUT2D eigenvalue weighted by molar-refractivity contribution is -0.137. The number of hydrogen-bond donors (Lipinski definition) is 1. The number of carboxylic acid groups (broad SMARTS) is 1. The lowest BCUT2D eigenvalue weighted by atomic mass is 9.95. The van der Waals surface area contributed by atoms with Crippen molar-refractivity contribution in [2.45, 2.75) is 58.3 Å². The molecule has 0 heterocycles. The monoisotopic (exact) mass is 290 g/mol. The predicted molar refractivity (Wildman–Crippen MR) is 85.1 cm³/mol. The van der Waals surface area contributed by atoms with Crippen LogP contribution in [0.3, 0.4) is 0 Å². The highest BCUT2D eigenvalue weighted by Gasteiger charge is 2.22. The molecule has 1 atom stereocenters. The van der Waals surface area contributed by atoms with E-state index in [-0.39, 0.29) is 18.1 Å². The van der Waals surface area contributed by atoms with E-state index >= 15 is 0 Å². The maximum atomic E-state index is 11.8. The Hall–Kier alpha value is -1.64. The van der Waals surface area contributed by atoms with Crippen LogP contribution in [0.1, 0.15) is 58.3 Å². The van der Waals surface area contributed by atoms with Gasteiger partial charge in [0, 0.05) is 12.3 Å². The third kappa shape index (κ3) is 7.07. The summed E-state index contributed by atoms with van der Waals surface area (Å²) < 4.78 is 0. The first kappa shape index (κ1) is 17.4. The highest BCUT2D eigenvalue weighted by atomic mass is 16.4. The molecule has 1 aliphatic rings. The van der Waals surface area contributed by atoms with Crippen molar-refractivity contribution in [3.05, 3.63) is 36.0 Å². The molecule has 1 unspecified atom stereocenters. The van der Waals surface area contributed by atoms with Gasteiger partial charge in [0.05, 0.1) is 0 Å². The lowest BCUT2D eigenvalue weighted by Gasteiger charge is -2.08. The summed E-state index contributed by atoms with van der Waals surface area (Å²) in [5, 5.41) is 8.55. The molecule has 21 heavy (non-hydrogen) atoms. The molecule has 0 amide bonds. The summed E-state index contributed by atoms with van der Waals surface area (Å²) >= 11 is 0. The zero-order valence-electron chi connectivity index (χ0n) is 12.9. The Labute approximate surface area is 127 Å². The summed E-state index contributed by atoms with van der Waals surface area (Å²) in [5.74, 6) is -0.488. The Bertz CT molecular complexity index is 430. The van der Waals surface area contributed by atoms with Gasteiger partial charge < -0.3 is 5.11 Å².